The summed E-state index contributed by atoms with van der Waals surface area (Å²) in [4.78, 5) is 25.6. The van der Waals surface area contributed by atoms with Gasteiger partial charge in [-0.2, -0.15) is 5.10 Å². The Hall–Kier alpha value is -3.88. The molecule has 0 fully saturated rings. The first-order chi connectivity index (χ1) is 16.5. The second-order valence-electron chi connectivity index (χ2n) is 7.58. The maximum atomic E-state index is 13.5. The summed E-state index contributed by atoms with van der Waals surface area (Å²) in [5, 5.41) is 16.6. The number of nitrogens with zero attached hydrogens (tertiary/aromatic N) is 3. The minimum absolute atomic E-state index is 0.0833. The molecule has 3 heterocycles. The molecule has 2 aromatic carbocycles. The predicted octanol–water partition coefficient (Wildman–Crippen LogP) is 5.23. The Morgan fingerprint density at radius 2 is 1.91 bits per heavy atom. The summed E-state index contributed by atoms with van der Waals surface area (Å²) in [5.74, 6) is -1.37. The minimum atomic E-state index is -1.20. The van der Waals surface area contributed by atoms with Gasteiger partial charge in [-0.25, -0.2) is 9.48 Å². The van der Waals surface area contributed by atoms with Crippen LogP contribution < -0.4 is 10.3 Å². The van der Waals surface area contributed by atoms with Gasteiger partial charge in [-0.1, -0.05) is 48.0 Å². The van der Waals surface area contributed by atoms with E-state index in [1.807, 2.05) is 48.7 Å². The van der Waals surface area contributed by atoms with Crippen molar-refractivity contribution in [3.05, 3.63) is 111 Å². The molecule has 0 bridgehead atoms. The summed E-state index contributed by atoms with van der Waals surface area (Å²) in [6, 6.07) is 18.3. The van der Waals surface area contributed by atoms with Crippen LogP contribution in [-0.4, -0.2) is 25.4 Å². The normalized spacial score (nSPS) is 11.1. The number of ether oxygens (including phenoxy) is 1. The Morgan fingerprint density at radius 3 is 2.68 bits per heavy atom. The van der Waals surface area contributed by atoms with Crippen LogP contribution in [0.5, 0.6) is 5.75 Å². The van der Waals surface area contributed by atoms with Crippen LogP contribution in [0, 0.1) is 0 Å². The van der Waals surface area contributed by atoms with Crippen LogP contribution in [0.15, 0.2) is 83.2 Å². The van der Waals surface area contributed by atoms with E-state index in [9.17, 15) is 14.7 Å². The van der Waals surface area contributed by atoms with Crippen molar-refractivity contribution >= 4 is 39.1 Å². The van der Waals surface area contributed by atoms with E-state index >= 15 is 0 Å². The van der Waals surface area contributed by atoms with Gasteiger partial charge in [-0.3, -0.25) is 9.36 Å². The van der Waals surface area contributed by atoms with Gasteiger partial charge in [0.25, 0.3) is 5.56 Å². The van der Waals surface area contributed by atoms with Gasteiger partial charge in [0.2, 0.25) is 5.75 Å². The standard InChI is InChI=1S/C25H18ClN3O4S/c26-18-7-4-8-19(11-18)29-14-17(12-27-29)13-28-20-9-10-34-23(20)21(25(31)32)22(24(28)30)33-15-16-5-2-1-3-6-16/h1-12,14H,13,15H2,(H,31,32). The lowest BCUT2D eigenvalue weighted by Crippen LogP contribution is -2.25. The molecule has 7 nitrogen and oxygen atoms in total. The van der Waals surface area contributed by atoms with Crippen molar-refractivity contribution < 1.29 is 14.6 Å². The number of halogens is 1. The van der Waals surface area contributed by atoms with Crippen LogP contribution in [-0.2, 0) is 13.2 Å². The third kappa shape index (κ3) is 4.21. The van der Waals surface area contributed by atoms with Gasteiger partial charge < -0.3 is 9.84 Å². The molecule has 5 rings (SSSR count). The molecule has 0 unspecified atom stereocenters. The van der Waals surface area contributed by atoms with Crippen LogP contribution in [0.2, 0.25) is 5.02 Å². The molecule has 0 radical (unpaired) electrons. The summed E-state index contributed by atoms with van der Waals surface area (Å²) >= 11 is 7.35. The van der Waals surface area contributed by atoms with Gasteiger partial charge in [-0.15, -0.1) is 11.3 Å². The number of carboxylic acid groups (broad SMARTS) is 1. The summed E-state index contributed by atoms with van der Waals surface area (Å²) in [6.07, 6.45) is 3.48. The van der Waals surface area contributed by atoms with Crippen LogP contribution in [0.3, 0.4) is 0 Å². The molecule has 34 heavy (non-hydrogen) atoms. The van der Waals surface area contributed by atoms with Crippen molar-refractivity contribution in [1.82, 2.24) is 14.3 Å². The number of thiophene rings is 1. The lowest BCUT2D eigenvalue weighted by Gasteiger charge is -2.14. The Labute approximate surface area is 203 Å². The lowest BCUT2D eigenvalue weighted by molar-refractivity contribution is 0.0693. The zero-order valence-electron chi connectivity index (χ0n) is 17.7. The molecular weight excluding hydrogens is 474 g/mol. The monoisotopic (exact) mass is 491 g/mol. The highest BCUT2D eigenvalue weighted by Gasteiger charge is 2.24. The maximum absolute atomic E-state index is 13.5. The molecule has 0 saturated heterocycles. The maximum Gasteiger partial charge on any atom is 0.341 e. The first kappa shape index (κ1) is 21.9. The Kier molecular flexibility index (Phi) is 5.91. The molecule has 0 amide bonds. The number of benzene rings is 2. The zero-order valence-corrected chi connectivity index (χ0v) is 19.3. The second-order valence-corrected chi connectivity index (χ2v) is 8.94. The number of aromatic carboxylic acids is 1. The Bertz CT molecular complexity index is 1560. The van der Waals surface area contributed by atoms with E-state index in [0.717, 1.165) is 16.8 Å². The molecule has 0 spiro atoms. The van der Waals surface area contributed by atoms with Gasteiger partial charge in [0, 0.05) is 16.8 Å². The number of carbonyl (C=O) groups is 1. The topological polar surface area (TPSA) is 86.3 Å². The van der Waals surface area contributed by atoms with Crippen molar-refractivity contribution in [2.75, 3.05) is 0 Å². The van der Waals surface area contributed by atoms with Crippen molar-refractivity contribution in [2.24, 2.45) is 0 Å². The van der Waals surface area contributed by atoms with Gasteiger partial charge in [-0.05, 0) is 35.2 Å². The van der Waals surface area contributed by atoms with Crippen molar-refractivity contribution in [1.29, 1.82) is 0 Å². The third-order valence-corrected chi connectivity index (χ3v) is 6.47. The van der Waals surface area contributed by atoms with Crippen LogP contribution in [0.1, 0.15) is 21.5 Å². The van der Waals surface area contributed by atoms with E-state index in [1.54, 1.807) is 34.5 Å². The highest BCUT2D eigenvalue weighted by molar-refractivity contribution is 7.17. The van der Waals surface area contributed by atoms with Gasteiger partial charge in [0.1, 0.15) is 12.2 Å². The van der Waals surface area contributed by atoms with E-state index in [1.165, 1.54) is 15.9 Å². The molecular formula is C25H18ClN3O4S. The number of rotatable bonds is 7. The minimum Gasteiger partial charge on any atom is -0.482 e. The van der Waals surface area contributed by atoms with E-state index in [2.05, 4.69) is 5.10 Å². The summed E-state index contributed by atoms with van der Waals surface area (Å²) < 4.78 is 9.50. The average molecular weight is 492 g/mol. The molecule has 5 aromatic rings. The molecule has 0 aliphatic carbocycles. The number of pyridine rings is 1. The predicted molar refractivity (Wildman–Crippen MR) is 131 cm³/mol. The zero-order chi connectivity index (χ0) is 23.7. The number of hydrogen-bond acceptors (Lipinski definition) is 5. The number of aromatic nitrogens is 3. The van der Waals surface area contributed by atoms with Crippen LogP contribution >= 0.6 is 22.9 Å². The fraction of sp³-hybridized carbons (Fsp3) is 0.0800. The van der Waals surface area contributed by atoms with E-state index < -0.39 is 11.5 Å². The molecule has 0 aliphatic rings. The van der Waals surface area contributed by atoms with E-state index in [-0.39, 0.29) is 24.5 Å². The molecule has 1 N–H and O–H groups in total. The molecule has 0 saturated carbocycles. The van der Waals surface area contributed by atoms with E-state index in [0.29, 0.717) is 15.2 Å². The summed E-state index contributed by atoms with van der Waals surface area (Å²) in [6.45, 7) is 0.286. The Morgan fingerprint density at radius 1 is 1.09 bits per heavy atom. The van der Waals surface area contributed by atoms with Crippen molar-refractivity contribution in [3.63, 3.8) is 0 Å². The molecule has 0 atom stereocenters. The summed E-state index contributed by atoms with van der Waals surface area (Å²) in [5.41, 5.74) is 2.31. The van der Waals surface area contributed by atoms with Gasteiger partial charge in [0.15, 0.2) is 0 Å². The smallest absolute Gasteiger partial charge is 0.341 e. The molecule has 0 aliphatic heterocycles. The lowest BCUT2D eigenvalue weighted by atomic mass is 10.2. The molecule has 3 aromatic heterocycles. The highest BCUT2D eigenvalue weighted by atomic mass is 35.5. The van der Waals surface area contributed by atoms with Gasteiger partial charge >= 0.3 is 5.97 Å². The van der Waals surface area contributed by atoms with Crippen molar-refractivity contribution in [2.45, 2.75) is 13.2 Å². The average Bonchev–Trinajstić information content (AvgIpc) is 3.50. The second kappa shape index (κ2) is 9.17. The number of fused-ring (bicyclic) bond motifs is 1. The summed E-state index contributed by atoms with van der Waals surface area (Å²) in [7, 11) is 0. The Balaban J connectivity index is 1.56. The SMILES string of the molecule is O=C(O)c1c(OCc2ccccc2)c(=O)n(Cc2cnn(-c3cccc(Cl)c3)c2)c2ccsc12. The fourth-order valence-corrected chi connectivity index (χ4v) is 4.86. The molecule has 170 valence electrons. The van der Waals surface area contributed by atoms with Gasteiger partial charge in [0.05, 0.1) is 28.6 Å². The molecule has 9 heteroatoms. The van der Waals surface area contributed by atoms with Crippen LogP contribution in [0.25, 0.3) is 15.9 Å². The number of hydrogen-bond donors (Lipinski definition) is 1. The largest absolute Gasteiger partial charge is 0.482 e. The first-order valence-electron chi connectivity index (χ1n) is 10.3. The fourth-order valence-electron chi connectivity index (χ4n) is 3.74. The quantitative estimate of drug-likeness (QED) is 0.337. The third-order valence-electron chi connectivity index (χ3n) is 5.32. The highest BCUT2D eigenvalue weighted by Crippen LogP contribution is 2.30. The first-order valence-corrected chi connectivity index (χ1v) is 11.6. The number of carboxylic acids is 1. The van der Waals surface area contributed by atoms with E-state index in [4.69, 9.17) is 16.3 Å². The van der Waals surface area contributed by atoms with Crippen molar-refractivity contribution in [3.8, 4) is 11.4 Å². The van der Waals surface area contributed by atoms with Crippen LogP contribution in [0.4, 0.5) is 0 Å².